The second-order valence-electron chi connectivity index (χ2n) is 5.60. The van der Waals surface area contributed by atoms with Gasteiger partial charge in [0.2, 0.25) is 0 Å². The smallest absolute Gasteiger partial charge is 0.367 e. The summed E-state index contributed by atoms with van der Waals surface area (Å²) in [6.45, 7) is 1.98. The molecule has 10 nitrogen and oxygen atoms in total. The molecular formula is C16H17N5O5S. The molecule has 1 aromatic heterocycles. The quantitative estimate of drug-likeness (QED) is 0.567. The van der Waals surface area contributed by atoms with Crippen molar-refractivity contribution in [3.63, 3.8) is 0 Å². The highest BCUT2D eigenvalue weighted by Gasteiger charge is 2.26. The second kappa shape index (κ2) is 7.11. The maximum atomic E-state index is 11.8. The molecule has 0 saturated heterocycles. The normalized spacial score (nSPS) is 15.0. The summed E-state index contributed by atoms with van der Waals surface area (Å²) in [5.74, 6) is 0.331. The molecule has 0 spiro atoms. The average molecular weight is 391 g/mol. The minimum Gasteiger partial charge on any atom is -0.505 e. The van der Waals surface area contributed by atoms with Crippen LogP contribution >= 0.6 is 0 Å². The van der Waals surface area contributed by atoms with Gasteiger partial charge in [-0.05, 0) is 31.2 Å². The number of phenolic OH excluding ortho intramolecular Hbond substituents is 1. The lowest BCUT2D eigenvalue weighted by molar-refractivity contribution is 0.0960. The summed E-state index contributed by atoms with van der Waals surface area (Å²) in [5.41, 5.74) is 0.136. The van der Waals surface area contributed by atoms with Crippen LogP contribution in [0.15, 0.2) is 43.5 Å². The lowest BCUT2D eigenvalue weighted by Gasteiger charge is -2.12. The third-order valence-electron chi connectivity index (χ3n) is 3.62. The summed E-state index contributed by atoms with van der Waals surface area (Å²) in [5, 5.41) is 18.2. The maximum Gasteiger partial charge on any atom is 0.367 e. The van der Waals surface area contributed by atoms with Gasteiger partial charge in [0.15, 0.2) is 17.4 Å². The number of carbonyl (C=O) groups is 1. The van der Waals surface area contributed by atoms with Crippen molar-refractivity contribution in [3.8, 4) is 5.75 Å². The molecule has 0 radical (unpaired) electrons. The van der Waals surface area contributed by atoms with Crippen LogP contribution in [0.1, 0.15) is 21.9 Å². The molecule has 3 rings (SSSR count). The van der Waals surface area contributed by atoms with Crippen molar-refractivity contribution in [1.82, 2.24) is 10.6 Å². The van der Waals surface area contributed by atoms with E-state index in [1.54, 1.807) is 19.1 Å². The number of carbonyl (C=O) groups excluding carboxylic acids is 1. The van der Waals surface area contributed by atoms with Crippen LogP contribution < -0.4 is 16.0 Å². The molecule has 27 heavy (non-hydrogen) atoms. The van der Waals surface area contributed by atoms with Crippen molar-refractivity contribution in [2.45, 2.75) is 13.5 Å². The van der Waals surface area contributed by atoms with E-state index in [0.717, 1.165) is 5.76 Å². The molecule has 142 valence electrons. The maximum absolute atomic E-state index is 11.8. The number of anilines is 1. The number of hydrogen-bond acceptors (Lipinski definition) is 7. The first-order valence-corrected chi connectivity index (χ1v) is 9.24. The summed E-state index contributed by atoms with van der Waals surface area (Å²) >= 11 is 0. The summed E-state index contributed by atoms with van der Waals surface area (Å²) in [7, 11) is -2.62. The first kappa shape index (κ1) is 18.5. The third kappa shape index (κ3) is 4.08. The van der Waals surface area contributed by atoms with Crippen LogP contribution in [-0.4, -0.2) is 38.2 Å². The van der Waals surface area contributed by atoms with Gasteiger partial charge in [0, 0.05) is 7.05 Å². The first-order chi connectivity index (χ1) is 12.8. The molecule has 0 atom stereocenters. The Labute approximate surface area is 155 Å². The van der Waals surface area contributed by atoms with Gasteiger partial charge in [-0.15, -0.1) is 8.80 Å². The number of benzene rings is 1. The Balaban J connectivity index is 1.83. The minimum absolute atomic E-state index is 0.0291. The van der Waals surface area contributed by atoms with E-state index in [2.05, 4.69) is 24.7 Å². The first-order valence-electron chi connectivity index (χ1n) is 7.84. The largest absolute Gasteiger partial charge is 0.505 e. The van der Waals surface area contributed by atoms with Crippen LogP contribution in [0.3, 0.4) is 0 Å². The van der Waals surface area contributed by atoms with E-state index in [-0.39, 0.29) is 35.2 Å². The number of rotatable bonds is 4. The Hall–Kier alpha value is -3.34. The van der Waals surface area contributed by atoms with Crippen LogP contribution in [0.5, 0.6) is 5.75 Å². The second-order valence-corrected chi connectivity index (χ2v) is 6.86. The Kier molecular flexibility index (Phi) is 4.86. The fourth-order valence-electron chi connectivity index (χ4n) is 2.38. The van der Waals surface area contributed by atoms with Gasteiger partial charge in [0.05, 0.1) is 17.8 Å². The van der Waals surface area contributed by atoms with Gasteiger partial charge in [0.1, 0.15) is 11.5 Å². The van der Waals surface area contributed by atoms with E-state index in [4.69, 9.17) is 4.42 Å². The van der Waals surface area contributed by atoms with Crippen LogP contribution in [-0.2, 0) is 16.8 Å². The molecule has 0 aliphatic carbocycles. The van der Waals surface area contributed by atoms with Gasteiger partial charge in [-0.2, -0.15) is 8.42 Å². The highest BCUT2D eigenvalue weighted by Crippen LogP contribution is 2.28. The number of aromatic hydroxyl groups is 1. The van der Waals surface area contributed by atoms with Crippen molar-refractivity contribution in [3.05, 3.63) is 47.4 Å². The van der Waals surface area contributed by atoms with Crippen LogP contribution in [0.25, 0.3) is 0 Å². The molecule has 11 heteroatoms. The van der Waals surface area contributed by atoms with E-state index in [1.165, 1.54) is 25.2 Å². The fourth-order valence-corrected chi connectivity index (χ4v) is 3.16. The molecule has 4 N–H and O–H groups in total. The summed E-state index contributed by atoms with van der Waals surface area (Å²) in [4.78, 5) is 11.8. The number of phenols is 1. The standard InChI is InChI=1S/C16H17N5O5S/c1-9-6-7-10(26-9)8-18-14-15(21-27(24,25)20-14)19-12-5-3-4-11(13(12)22)16(23)17-2/h3-7,22H,8H2,1-2H3,(H,17,23)(H,18,20)(H,19,21). The van der Waals surface area contributed by atoms with E-state index in [1.807, 2.05) is 0 Å². The van der Waals surface area contributed by atoms with E-state index >= 15 is 0 Å². The monoisotopic (exact) mass is 391 g/mol. The SMILES string of the molecule is CNC(=O)c1cccc(NC2=NS(=O)(=O)N=C2NCc2ccc(C)o2)c1O. The molecule has 0 bridgehead atoms. The zero-order valence-corrected chi connectivity index (χ0v) is 15.3. The molecule has 0 saturated carbocycles. The van der Waals surface area contributed by atoms with Gasteiger partial charge in [-0.1, -0.05) is 6.07 Å². The Morgan fingerprint density at radius 1 is 1.19 bits per heavy atom. The van der Waals surface area contributed by atoms with E-state index in [9.17, 15) is 18.3 Å². The molecule has 1 aromatic carbocycles. The molecule has 1 amide bonds. The summed E-state index contributed by atoms with van der Waals surface area (Å²) in [6.07, 6.45) is 0. The average Bonchev–Trinajstić information content (AvgIpc) is 3.16. The van der Waals surface area contributed by atoms with E-state index in [0.29, 0.717) is 5.76 Å². The predicted octanol–water partition coefficient (Wildman–Crippen LogP) is 0.910. The van der Waals surface area contributed by atoms with Crippen LogP contribution in [0, 0.1) is 6.92 Å². The molecule has 0 fully saturated rings. The molecule has 2 heterocycles. The lowest BCUT2D eigenvalue weighted by Crippen LogP contribution is -2.33. The number of hydrogen-bond donors (Lipinski definition) is 4. The highest BCUT2D eigenvalue weighted by atomic mass is 32.2. The van der Waals surface area contributed by atoms with Crippen molar-refractivity contribution in [2.24, 2.45) is 8.80 Å². The van der Waals surface area contributed by atoms with Gasteiger partial charge in [-0.3, -0.25) is 4.79 Å². The van der Waals surface area contributed by atoms with Crippen molar-refractivity contribution in [1.29, 1.82) is 0 Å². The fraction of sp³-hybridized carbons (Fsp3) is 0.188. The minimum atomic E-state index is -4.05. The molecule has 1 aliphatic rings. The zero-order chi connectivity index (χ0) is 19.6. The lowest BCUT2D eigenvalue weighted by atomic mass is 10.1. The zero-order valence-electron chi connectivity index (χ0n) is 14.5. The summed E-state index contributed by atoms with van der Waals surface area (Å²) < 4.78 is 36.0. The number of nitrogens with one attached hydrogen (secondary N) is 3. The third-order valence-corrected chi connectivity index (χ3v) is 4.45. The molecule has 0 unspecified atom stereocenters. The summed E-state index contributed by atoms with van der Waals surface area (Å²) in [6, 6.07) is 7.96. The number of aryl methyl sites for hydroxylation is 1. The number of furan rings is 1. The van der Waals surface area contributed by atoms with Gasteiger partial charge < -0.3 is 25.5 Å². The highest BCUT2D eigenvalue weighted by molar-refractivity contribution is 7.89. The Bertz CT molecular complexity index is 1050. The van der Waals surface area contributed by atoms with Crippen LogP contribution in [0.2, 0.25) is 0 Å². The van der Waals surface area contributed by atoms with Gasteiger partial charge in [0.25, 0.3) is 5.91 Å². The van der Waals surface area contributed by atoms with Gasteiger partial charge >= 0.3 is 10.2 Å². The predicted molar refractivity (Wildman–Crippen MR) is 99.2 cm³/mol. The molecule has 1 aliphatic heterocycles. The van der Waals surface area contributed by atoms with E-state index < -0.39 is 16.1 Å². The number of amidine groups is 2. The topological polar surface area (TPSA) is 145 Å². The van der Waals surface area contributed by atoms with Gasteiger partial charge in [-0.25, -0.2) is 0 Å². The van der Waals surface area contributed by atoms with Crippen LogP contribution in [0.4, 0.5) is 5.69 Å². The Morgan fingerprint density at radius 2 is 1.93 bits per heavy atom. The number of para-hydroxylation sites is 1. The molecular weight excluding hydrogens is 374 g/mol. The van der Waals surface area contributed by atoms with Crippen molar-refractivity contribution < 1.29 is 22.7 Å². The van der Waals surface area contributed by atoms with Crippen molar-refractivity contribution in [2.75, 3.05) is 12.4 Å². The van der Waals surface area contributed by atoms with Crippen molar-refractivity contribution >= 4 is 33.5 Å². The number of nitrogens with zero attached hydrogens (tertiary/aromatic N) is 2. The Morgan fingerprint density at radius 3 is 2.59 bits per heavy atom. The number of amides is 1. The molecule has 2 aromatic rings.